The van der Waals surface area contributed by atoms with Crippen molar-refractivity contribution in [3.05, 3.63) is 96.2 Å². The Morgan fingerprint density at radius 3 is 2.59 bits per heavy atom. The number of amides is 1. The van der Waals surface area contributed by atoms with Gasteiger partial charge >= 0.3 is 0 Å². The first-order chi connectivity index (χ1) is 14.2. The third kappa shape index (κ3) is 4.48. The van der Waals surface area contributed by atoms with Crippen LogP contribution in [0.4, 0.5) is 0 Å². The van der Waals surface area contributed by atoms with Gasteiger partial charge in [0.05, 0.1) is 12.7 Å². The quantitative estimate of drug-likeness (QED) is 0.387. The zero-order valence-corrected chi connectivity index (χ0v) is 15.4. The van der Waals surface area contributed by atoms with E-state index < -0.39 is 5.91 Å². The molecule has 0 atom stereocenters. The van der Waals surface area contributed by atoms with E-state index in [-0.39, 0.29) is 0 Å². The second-order valence-electron chi connectivity index (χ2n) is 6.39. The fraction of sp³-hybridized carbons (Fsp3) is 0.0455. The van der Waals surface area contributed by atoms with Gasteiger partial charge in [-0.25, -0.2) is 10.2 Å². The van der Waals surface area contributed by atoms with Crippen molar-refractivity contribution in [2.24, 2.45) is 0 Å². The molecular weight excluding hydrogens is 368 g/mol. The van der Waals surface area contributed by atoms with Crippen molar-refractivity contribution >= 4 is 5.91 Å². The number of rotatable bonds is 6. The molecule has 2 N–H and O–H groups in total. The Balaban J connectivity index is 1.50. The van der Waals surface area contributed by atoms with E-state index in [2.05, 4.69) is 10.3 Å². The number of hydroxylamine groups is 1. The van der Waals surface area contributed by atoms with E-state index in [0.717, 1.165) is 22.6 Å². The van der Waals surface area contributed by atoms with Gasteiger partial charge in [-0.15, -0.1) is 5.10 Å². The smallest absolute Gasteiger partial charge is 0.274 e. The van der Waals surface area contributed by atoms with Crippen LogP contribution < -0.4 is 10.2 Å². The molecule has 0 saturated heterocycles. The Kier molecular flexibility index (Phi) is 5.31. The highest BCUT2D eigenvalue weighted by molar-refractivity contribution is 5.94. The Labute approximate surface area is 167 Å². The van der Waals surface area contributed by atoms with Gasteiger partial charge in [-0.1, -0.05) is 47.7 Å². The van der Waals surface area contributed by atoms with Crippen LogP contribution in [0.25, 0.3) is 11.3 Å². The fourth-order valence-electron chi connectivity index (χ4n) is 2.91. The molecule has 144 valence electrons. The molecule has 0 radical (unpaired) electrons. The van der Waals surface area contributed by atoms with Gasteiger partial charge in [0, 0.05) is 11.1 Å². The van der Waals surface area contributed by atoms with Gasteiger partial charge in [0.1, 0.15) is 17.2 Å². The standard InChI is InChI=1S/C22H18N4O3/c27-22(24-28)18-8-5-7-17(13-18)21-15-26(25-23-21)14-16-6-4-11-20(12-16)29-19-9-2-1-3-10-19/h1-13,15,28H,14H2,(H,24,27). The molecule has 1 amide bonds. The van der Waals surface area contributed by atoms with E-state index in [1.165, 1.54) is 0 Å². The molecule has 0 spiro atoms. The van der Waals surface area contributed by atoms with E-state index in [0.29, 0.717) is 17.8 Å². The van der Waals surface area contributed by atoms with Crippen LogP contribution in [0.5, 0.6) is 11.5 Å². The van der Waals surface area contributed by atoms with Gasteiger partial charge in [-0.05, 0) is 42.0 Å². The van der Waals surface area contributed by atoms with Crippen molar-refractivity contribution in [1.82, 2.24) is 20.5 Å². The summed E-state index contributed by atoms with van der Waals surface area (Å²) in [7, 11) is 0. The molecule has 0 unspecified atom stereocenters. The van der Waals surface area contributed by atoms with Gasteiger partial charge in [0.25, 0.3) is 5.91 Å². The van der Waals surface area contributed by atoms with Crippen LogP contribution in [0, 0.1) is 0 Å². The molecule has 0 saturated carbocycles. The van der Waals surface area contributed by atoms with Gasteiger partial charge in [0.2, 0.25) is 0 Å². The normalized spacial score (nSPS) is 10.5. The monoisotopic (exact) mass is 386 g/mol. The average Bonchev–Trinajstić information content (AvgIpc) is 3.23. The maximum Gasteiger partial charge on any atom is 0.274 e. The summed E-state index contributed by atoms with van der Waals surface area (Å²) in [5.41, 5.74) is 4.35. The molecule has 7 heteroatoms. The van der Waals surface area contributed by atoms with Crippen LogP contribution in [0.2, 0.25) is 0 Å². The van der Waals surface area contributed by atoms with E-state index in [9.17, 15) is 4.79 Å². The summed E-state index contributed by atoms with van der Waals surface area (Å²) in [6.07, 6.45) is 1.81. The molecule has 1 aromatic heterocycles. The number of benzene rings is 3. The van der Waals surface area contributed by atoms with Gasteiger partial charge in [-0.3, -0.25) is 10.0 Å². The lowest BCUT2D eigenvalue weighted by Crippen LogP contribution is -2.18. The van der Waals surface area contributed by atoms with Crippen LogP contribution in [-0.4, -0.2) is 26.1 Å². The fourth-order valence-corrected chi connectivity index (χ4v) is 2.91. The number of carbonyl (C=O) groups excluding carboxylic acids is 1. The number of hydrogen-bond donors (Lipinski definition) is 2. The highest BCUT2D eigenvalue weighted by atomic mass is 16.5. The van der Waals surface area contributed by atoms with Crippen molar-refractivity contribution in [3.63, 3.8) is 0 Å². The van der Waals surface area contributed by atoms with E-state index in [1.807, 2.05) is 60.7 Å². The number of carbonyl (C=O) groups is 1. The number of nitrogens with zero attached hydrogens (tertiary/aromatic N) is 3. The van der Waals surface area contributed by atoms with Gasteiger partial charge in [0.15, 0.2) is 0 Å². The summed E-state index contributed by atoms with van der Waals surface area (Å²) >= 11 is 0. The average molecular weight is 386 g/mol. The molecule has 3 aromatic carbocycles. The Morgan fingerprint density at radius 1 is 0.966 bits per heavy atom. The highest BCUT2D eigenvalue weighted by Gasteiger charge is 2.09. The van der Waals surface area contributed by atoms with E-state index in [4.69, 9.17) is 9.94 Å². The SMILES string of the molecule is O=C(NO)c1cccc(-c2cn(Cc3cccc(Oc4ccccc4)c3)nn2)c1. The number of ether oxygens (including phenoxy) is 1. The second kappa shape index (κ2) is 8.37. The molecule has 0 bridgehead atoms. The highest BCUT2D eigenvalue weighted by Crippen LogP contribution is 2.23. The number of para-hydroxylation sites is 1. The van der Waals surface area contributed by atoms with Crippen molar-refractivity contribution in [2.45, 2.75) is 6.54 Å². The molecule has 1 heterocycles. The summed E-state index contributed by atoms with van der Waals surface area (Å²) in [5, 5.41) is 17.2. The lowest BCUT2D eigenvalue weighted by atomic mass is 10.1. The second-order valence-corrected chi connectivity index (χ2v) is 6.39. The zero-order valence-electron chi connectivity index (χ0n) is 15.4. The molecule has 7 nitrogen and oxygen atoms in total. The van der Waals surface area contributed by atoms with E-state index in [1.54, 1.807) is 34.6 Å². The molecule has 4 aromatic rings. The van der Waals surface area contributed by atoms with Crippen LogP contribution in [0.15, 0.2) is 85.1 Å². The first-order valence-electron chi connectivity index (χ1n) is 8.98. The summed E-state index contributed by atoms with van der Waals surface area (Å²) in [6, 6.07) is 24.2. The van der Waals surface area contributed by atoms with Crippen LogP contribution in [0.3, 0.4) is 0 Å². The van der Waals surface area contributed by atoms with Gasteiger partial charge < -0.3 is 4.74 Å². The molecule has 0 aliphatic rings. The summed E-state index contributed by atoms with van der Waals surface area (Å²) in [4.78, 5) is 11.6. The molecule has 4 rings (SSSR count). The number of hydrogen-bond acceptors (Lipinski definition) is 5. The lowest BCUT2D eigenvalue weighted by molar-refractivity contribution is 0.0706. The molecule has 0 aliphatic carbocycles. The number of nitrogens with one attached hydrogen (secondary N) is 1. The Hall–Kier alpha value is -3.97. The minimum absolute atomic E-state index is 0.338. The third-order valence-corrected chi connectivity index (χ3v) is 4.28. The molecular formula is C22H18N4O3. The molecule has 29 heavy (non-hydrogen) atoms. The zero-order chi connectivity index (χ0) is 20.1. The van der Waals surface area contributed by atoms with Crippen molar-refractivity contribution < 1.29 is 14.7 Å². The van der Waals surface area contributed by atoms with Crippen molar-refractivity contribution in [1.29, 1.82) is 0 Å². The Morgan fingerprint density at radius 2 is 1.76 bits per heavy atom. The van der Waals surface area contributed by atoms with Crippen molar-refractivity contribution in [2.75, 3.05) is 0 Å². The maximum absolute atomic E-state index is 11.6. The first kappa shape index (κ1) is 18.4. The molecule has 0 aliphatic heterocycles. The van der Waals surface area contributed by atoms with Crippen LogP contribution in [-0.2, 0) is 6.54 Å². The summed E-state index contributed by atoms with van der Waals surface area (Å²) in [6.45, 7) is 0.524. The number of aromatic nitrogens is 3. The molecule has 0 fully saturated rings. The minimum Gasteiger partial charge on any atom is -0.457 e. The summed E-state index contributed by atoms with van der Waals surface area (Å²) < 4.78 is 7.59. The Bertz CT molecular complexity index is 1130. The summed E-state index contributed by atoms with van der Waals surface area (Å²) in [5.74, 6) is 0.950. The van der Waals surface area contributed by atoms with Gasteiger partial charge in [-0.2, -0.15) is 0 Å². The maximum atomic E-state index is 11.6. The van der Waals surface area contributed by atoms with Crippen molar-refractivity contribution in [3.8, 4) is 22.8 Å². The largest absolute Gasteiger partial charge is 0.457 e. The van der Waals surface area contributed by atoms with E-state index >= 15 is 0 Å². The predicted octanol–water partition coefficient (Wildman–Crippen LogP) is 3.90. The topological polar surface area (TPSA) is 89.3 Å². The third-order valence-electron chi connectivity index (χ3n) is 4.28. The predicted molar refractivity (Wildman–Crippen MR) is 107 cm³/mol. The van der Waals surface area contributed by atoms with Crippen LogP contribution >= 0.6 is 0 Å². The van der Waals surface area contributed by atoms with Crippen LogP contribution in [0.1, 0.15) is 15.9 Å². The lowest BCUT2D eigenvalue weighted by Gasteiger charge is -2.07. The minimum atomic E-state index is -0.575. The first-order valence-corrected chi connectivity index (χ1v) is 8.98.